The molecule has 0 N–H and O–H groups in total. The number of likely N-dealkylation sites (N-methyl/N-ethyl adjacent to an activating group) is 1. The molecule has 0 saturated heterocycles. The third kappa shape index (κ3) is 3.94. The molecule has 2 aromatic carbocycles. The van der Waals surface area contributed by atoms with Crippen LogP contribution in [0.25, 0.3) is 5.57 Å². The summed E-state index contributed by atoms with van der Waals surface area (Å²) in [4.78, 5) is 29.6. The smallest absolute Gasteiger partial charge is 0.277 e. The molecule has 1 heterocycles. The first-order valence-corrected chi connectivity index (χ1v) is 10.1. The van der Waals surface area contributed by atoms with Crippen molar-refractivity contribution in [2.75, 3.05) is 13.1 Å². The van der Waals surface area contributed by atoms with Crippen LogP contribution < -0.4 is 0 Å². The average Bonchev–Trinajstić information content (AvgIpc) is 2.92. The molecule has 0 aromatic heterocycles. The van der Waals surface area contributed by atoms with Gasteiger partial charge in [-0.15, -0.1) is 0 Å². The standard InChI is InChI=1S/C22H22Cl2N2O2/c1-3-12-26-21(27)19(17-11-10-16(23)13-18(17)24)20(22(26)28)25(4-2)14-15-8-6-5-7-9-15/h5-11,13H,3-4,12,14H2,1-2H3. The lowest BCUT2D eigenvalue weighted by atomic mass is 10.0. The van der Waals surface area contributed by atoms with Crippen molar-refractivity contribution in [2.24, 2.45) is 0 Å². The molecule has 2 aromatic rings. The number of rotatable bonds is 7. The number of carbonyl (C=O) groups is 2. The summed E-state index contributed by atoms with van der Waals surface area (Å²) in [7, 11) is 0. The fourth-order valence-electron chi connectivity index (χ4n) is 3.37. The highest BCUT2D eigenvalue weighted by Gasteiger charge is 2.41. The molecule has 0 saturated carbocycles. The van der Waals surface area contributed by atoms with E-state index in [2.05, 4.69) is 0 Å². The van der Waals surface area contributed by atoms with Gasteiger partial charge < -0.3 is 4.90 Å². The highest BCUT2D eigenvalue weighted by molar-refractivity contribution is 6.41. The number of carbonyl (C=O) groups excluding carboxylic acids is 2. The van der Waals surface area contributed by atoms with Gasteiger partial charge >= 0.3 is 0 Å². The second kappa shape index (κ2) is 8.80. The van der Waals surface area contributed by atoms with Gasteiger partial charge in [0.1, 0.15) is 5.70 Å². The van der Waals surface area contributed by atoms with Gasteiger partial charge in [-0.3, -0.25) is 14.5 Å². The summed E-state index contributed by atoms with van der Waals surface area (Å²) in [5.74, 6) is -0.580. The summed E-state index contributed by atoms with van der Waals surface area (Å²) in [6, 6.07) is 14.9. The zero-order chi connectivity index (χ0) is 20.3. The molecule has 146 valence electrons. The Bertz CT molecular complexity index is 925. The second-order valence-corrected chi connectivity index (χ2v) is 7.45. The van der Waals surface area contributed by atoms with Crippen LogP contribution in [0.15, 0.2) is 54.2 Å². The predicted molar refractivity (Wildman–Crippen MR) is 113 cm³/mol. The molecule has 0 spiro atoms. The maximum atomic E-state index is 13.2. The third-order valence-electron chi connectivity index (χ3n) is 4.71. The van der Waals surface area contributed by atoms with Gasteiger partial charge in [0, 0.05) is 30.2 Å². The minimum Gasteiger partial charge on any atom is -0.362 e. The molecule has 3 rings (SSSR count). The Hall–Kier alpha value is -2.30. The van der Waals surface area contributed by atoms with Gasteiger partial charge in [-0.2, -0.15) is 0 Å². The van der Waals surface area contributed by atoms with Crippen molar-refractivity contribution in [1.29, 1.82) is 0 Å². The summed E-state index contributed by atoms with van der Waals surface area (Å²) >= 11 is 12.4. The largest absolute Gasteiger partial charge is 0.362 e. The Morgan fingerprint density at radius 1 is 0.964 bits per heavy atom. The molecule has 6 heteroatoms. The van der Waals surface area contributed by atoms with E-state index in [9.17, 15) is 9.59 Å². The quantitative estimate of drug-likeness (QED) is 0.595. The lowest BCUT2D eigenvalue weighted by Crippen LogP contribution is -2.35. The Morgan fingerprint density at radius 3 is 2.29 bits per heavy atom. The first kappa shape index (κ1) is 20.4. The van der Waals surface area contributed by atoms with Gasteiger partial charge in [-0.1, -0.05) is 66.5 Å². The van der Waals surface area contributed by atoms with E-state index < -0.39 is 0 Å². The highest BCUT2D eigenvalue weighted by atomic mass is 35.5. The maximum absolute atomic E-state index is 13.2. The summed E-state index contributed by atoms with van der Waals surface area (Å²) in [5, 5.41) is 0.838. The molecule has 4 nitrogen and oxygen atoms in total. The molecule has 0 unspecified atom stereocenters. The Kier molecular flexibility index (Phi) is 6.42. The van der Waals surface area contributed by atoms with Gasteiger partial charge in [-0.05, 0) is 31.0 Å². The predicted octanol–water partition coefficient (Wildman–Crippen LogP) is 5.01. The summed E-state index contributed by atoms with van der Waals surface area (Å²) < 4.78 is 0. The SMILES string of the molecule is CCCN1C(=O)C(c2ccc(Cl)cc2Cl)=C(N(CC)Cc2ccccc2)C1=O. The van der Waals surface area contributed by atoms with Crippen LogP contribution in [0.2, 0.25) is 10.0 Å². The van der Waals surface area contributed by atoms with Crippen LogP contribution in [0.3, 0.4) is 0 Å². The van der Waals surface area contributed by atoms with Gasteiger partial charge in [0.2, 0.25) is 0 Å². The Balaban J connectivity index is 2.12. The van der Waals surface area contributed by atoms with Crippen molar-refractivity contribution >= 4 is 40.6 Å². The van der Waals surface area contributed by atoms with Crippen molar-refractivity contribution in [3.63, 3.8) is 0 Å². The molecule has 0 radical (unpaired) electrons. The third-order valence-corrected chi connectivity index (χ3v) is 5.25. The molecule has 0 atom stereocenters. The van der Waals surface area contributed by atoms with Crippen LogP contribution in [0.4, 0.5) is 0 Å². The molecular weight excluding hydrogens is 395 g/mol. The molecule has 1 aliphatic heterocycles. The normalized spacial score (nSPS) is 14.2. The number of halogens is 2. The molecule has 28 heavy (non-hydrogen) atoms. The summed E-state index contributed by atoms with van der Waals surface area (Å²) in [6.07, 6.45) is 0.692. The first-order chi connectivity index (χ1) is 13.5. The number of amides is 2. The van der Waals surface area contributed by atoms with Crippen LogP contribution in [-0.2, 0) is 16.1 Å². The highest BCUT2D eigenvalue weighted by Crippen LogP contribution is 2.36. The zero-order valence-corrected chi connectivity index (χ0v) is 17.4. The molecule has 2 amide bonds. The Labute approximate surface area is 175 Å². The van der Waals surface area contributed by atoms with E-state index in [1.165, 1.54) is 4.90 Å². The van der Waals surface area contributed by atoms with E-state index in [0.29, 0.717) is 52.9 Å². The van der Waals surface area contributed by atoms with E-state index in [4.69, 9.17) is 23.2 Å². The van der Waals surface area contributed by atoms with Gasteiger partial charge in [-0.25, -0.2) is 0 Å². The Morgan fingerprint density at radius 2 is 1.68 bits per heavy atom. The van der Waals surface area contributed by atoms with Crippen LogP contribution in [0, 0.1) is 0 Å². The fourth-order valence-corrected chi connectivity index (χ4v) is 3.87. The van der Waals surface area contributed by atoms with Crippen molar-refractivity contribution in [1.82, 2.24) is 9.80 Å². The van der Waals surface area contributed by atoms with Crippen LogP contribution in [-0.4, -0.2) is 34.7 Å². The number of nitrogens with zero attached hydrogens (tertiary/aromatic N) is 2. The van der Waals surface area contributed by atoms with Crippen LogP contribution in [0.5, 0.6) is 0 Å². The van der Waals surface area contributed by atoms with Gasteiger partial charge in [0.15, 0.2) is 0 Å². The van der Waals surface area contributed by atoms with Crippen molar-refractivity contribution < 1.29 is 9.59 Å². The molecular formula is C22H22Cl2N2O2. The van der Waals surface area contributed by atoms with Crippen LogP contribution in [0.1, 0.15) is 31.4 Å². The maximum Gasteiger partial charge on any atom is 0.277 e. The van der Waals surface area contributed by atoms with Gasteiger partial charge in [0.05, 0.1) is 10.6 Å². The lowest BCUT2D eigenvalue weighted by Gasteiger charge is -2.25. The van der Waals surface area contributed by atoms with Gasteiger partial charge in [0.25, 0.3) is 11.8 Å². The van der Waals surface area contributed by atoms with Crippen molar-refractivity contribution in [3.8, 4) is 0 Å². The number of hydrogen-bond acceptors (Lipinski definition) is 3. The average molecular weight is 417 g/mol. The first-order valence-electron chi connectivity index (χ1n) is 9.32. The molecule has 0 bridgehead atoms. The van der Waals surface area contributed by atoms with E-state index in [1.54, 1.807) is 18.2 Å². The molecule has 0 fully saturated rings. The number of benzene rings is 2. The van der Waals surface area contributed by atoms with Crippen molar-refractivity contribution in [3.05, 3.63) is 75.4 Å². The van der Waals surface area contributed by atoms with E-state index in [-0.39, 0.29) is 11.8 Å². The van der Waals surface area contributed by atoms with Crippen LogP contribution >= 0.6 is 23.2 Å². The monoisotopic (exact) mass is 416 g/mol. The minimum absolute atomic E-state index is 0.273. The fraction of sp³-hybridized carbons (Fsp3) is 0.273. The van der Waals surface area contributed by atoms with Crippen molar-refractivity contribution in [2.45, 2.75) is 26.8 Å². The van der Waals surface area contributed by atoms with E-state index in [0.717, 1.165) is 5.56 Å². The summed E-state index contributed by atoms with van der Waals surface area (Å²) in [5.41, 5.74) is 2.34. The second-order valence-electron chi connectivity index (χ2n) is 6.61. The molecule has 0 aliphatic carbocycles. The zero-order valence-electron chi connectivity index (χ0n) is 15.9. The van der Waals surface area contributed by atoms with E-state index >= 15 is 0 Å². The van der Waals surface area contributed by atoms with E-state index in [1.807, 2.05) is 49.1 Å². The number of hydrogen-bond donors (Lipinski definition) is 0. The molecule has 1 aliphatic rings. The topological polar surface area (TPSA) is 40.6 Å². The lowest BCUT2D eigenvalue weighted by molar-refractivity contribution is -0.137. The minimum atomic E-state index is -0.308. The number of imide groups is 1. The summed E-state index contributed by atoms with van der Waals surface area (Å²) in [6.45, 7) is 5.39.